The molecule has 3 rings (SSSR count). The Kier molecular flexibility index (Phi) is 5.37. The molecule has 2 aromatic heterocycles. The number of aryl methyl sites for hydroxylation is 1. The number of carbonyl (C=O) groups excluding carboxylic acids is 1. The molecule has 26 heavy (non-hydrogen) atoms. The number of fused-ring (bicyclic) bond motifs is 1. The molecule has 1 aromatic carbocycles. The van der Waals surface area contributed by atoms with Gasteiger partial charge in [-0.15, -0.1) is 11.3 Å². The maximum atomic E-state index is 12.1. The molecule has 6 nitrogen and oxygen atoms in total. The second-order valence-electron chi connectivity index (χ2n) is 5.81. The summed E-state index contributed by atoms with van der Waals surface area (Å²) in [6.45, 7) is 6.85. The predicted octanol–water partition coefficient (Wildman–Crippen LogP) is 4.21. The monoisotopic (exact) mass is 371 g/mol. The van der Waals surface area contributed by atoms with E-state index in [1.54, 1.807) is 13.0 Å². The van der Waals surface area contributed by atoms with Gasteiger partial charge < -0.3 is 15.2 Å². The summed E-state index contributed by atoms with van der Waals surface area (Å²) >= 11 is 1.26. The molecule has 0 aliphatic carbocycles. The Hall–Kier alpha value is -2.67. The SMILES string of the molecule is CCCOc1ccc(-c2nc(N)nc3sc(C(=O)OCC)cc23)c(C)c1. The van der Waals surface area contributed by atoms with Crippen molar-refractivity contribution in [2.45, 2.75) is 27.2 Å². The lowest BCUT2D eigenvalue weighted by Gasteiger charge is -2.10. The van der Waals surface area contributed by atoms with E-state index in [4.69, 9.17) is 15.2 Å². The van der Waals surface area contributed by atoms with Gasteiger partial charge in [-0.3, -0.25) is 0 Å². The molecule has 0 saturated heterocycles. The van der Waals surface area contributed by atoms with Gasteiger partial charge in [0.25, 0.3) is 0 Å². The number of anilines is 1. The quantitative estimate of drug-likeness (QED) is 0.653. The standard InChI is InChI=1S/C19H21N3O3S/c1-4-8-25-12-6-7-13(11(3)9-12)16-14-10-15(18(23)24-5-2)26-17(14)22-19(20)21-16/h6-7,9-10H,4-5,8H2,1-3H3,(H2,20,21,22). The fourth-order valence-electron chi connectivity index (χ4n) is 2.66. The van der Waals surface area contributed by atoms with Crippen molar-refractivity contribution in [2.24, 2.45) is 0 Å². The van der Waals surface area contributed by atoms with E-state index in [1.807, 2.05) is 25.1 Å². The van der Waals surface area contributed by atoms with Gasteiger partial charge in [0, 0.05) is 10.9 Å². The molecule has 3 aromatic rings. The highest BCUT2D eigenvalue weighted by Crippen LogP contribution is 2.35. The van der Waals surface area contributed by atoms with Gasteiger partial charge in [-0.05, 0) is 50.1 Å². The van der Waals surface area contributed by atoms with E-state index in [0.29, 0.717) is 28.6 Å². The number of aromatic nitrogens is 2. The van der Waals surface area contributed by atoms with Crippen LogP contribution in [0.2, 0.25) is 0 Å². The number of thiophene rings is 1. The summed E-state index contributed by atoms with van der Waals surface area (Å²) in [6.07, 6.45) is 0.954. The Morgan fingerprint density at radius 1 is 1.23 bits per heavy atom. The normalized spacial score (nSPS) is 10.9. The first-order chi connectivity index (χ1) is 12.5. The van der Waals surface area contributed by atoms with E-state index in [1.165, 1.54) is 11.3 Å². The number of hydrogen-bond acceptors (Lipinski definition) is 7. The van der Waals surface area contributed by atoms with Crippen LogP contribution in [0.15, 0.2) is 24.3 Å². The number of rotatable bonds is 6. The van der Waals surface area contributed by atoms with E-state index >= 15 is 0 Å². The molecular formula is C19H21N3O3S. The summed E-state index contributed by atoms with van der Waals surface area (Å²) in [4.78, 5) is 21.9. The highest BCUT2D eigenvalue weighted by molar-refractivity contribution is 7.20. The number of nitrogen functional groups attached to an aromatic ring is 1. The summed E-state index contributed by atoms with van der Waals surface area (Å²) in [5, 5.41) is 0.789. The highest BCUT2D eigenvalue weighted by Gasteiger charge is 2.18. The van der Waals surface area contributed by atoms with E-state index in [-0.39, 0.29) is 11.9 Å². The number of ether oxygens (including phenoxy) is 2. The molecule has 7 heteroatoms. The molecule has 0 unspecified atom stereocenters. The molecule has 0 amide bonds. The van der Waals surface area contributed by atoms with Crippen molar-refractivity contribution < 1.29 is 14.3 Å². The van der Waals surface area contributed by atoms with Crippen molar-refractivity contribution in [1.82, 2.24) is 9.97 Å². The third kappa shape index (κ3) is 3.62. The minimum Gasteiger partial charge on any atom is -0.494 e. The lowest BCUT2D eigenvalue weighted by atomic mass is 10.0. The van der Waals surface area contributed by atoms with Crippen LogP contribution in [0.5, 0.6) is 5.75 Å². The Morgan fingerprint density at radius 3 is 2.73 bits per heavy atom. The van der Waals surface area contributed by atoms with Crippen molar-refractivity contribution in [1.29, 1.82) is 0 Å². The zero-order valence-corrected chi connectivity index (χ0v) is 15.9. The third-order valence-electron chi connectivity index (χ3n) is 3.81. The Labute approximate surface area is 156 Å². The number of nitrogens with zero attached hydrogens (tertiary/aromatic N) is 2. The predicted molar refractivity (Wildman–Crippen MR) is 104 cm³/mol. The van der Waals surface area contributed by atoms with Crippen LogP contribution in [-0.4, -0.2) is 29.2 Å². The number of carbonyl (C=O) groups is 1. The minimum absolute atomic E-state index is 0.176. The van der Waals surface area contributed by atoms with Crippen LogP contribution in [0.1, 0.15) is 35.5 Å². The molecule has 0 bridgehead atoms. The fourth-order valence-corrected chi connectivity index (χ4v) is 3.59. The van der Waals surface area contributed by atoms with Crippen molar-refractivity contribution in [3.63, 3.8) is 0 Å². The average Bonchev–Trinajstić information content (AvgIpc) is 3.03. The zero-order chi connectivity index (χ0) is 18.7. The molecule has 0 saturated carbocycles. The number of benzene rings is 1. The molecule has 0 spiro atoms. The Balaban J connectivity index is 2.08. The minimum atomic E-state index is -0.361. The largest absolute Gasteiger partial charge is 0.494 e. The van der Waals surface area contributed by atoms with Gasteiger partial charge in [0.05, 0.1) is 18.9 Å². The van der Waals surface area contributed by atoms with E-state index in [9.17, 15) is 4.79 Å². The molecule has 2 N–H and O–H groups in total. The fraction of sp³-hybridized carbons (Fsp3) is 0.316. The average molecular weight is 371 g/mol. The first kappa shape index (κ1) is 18.1. The Morgan fingerprint density at radius 2 is 2.04 bits per heavy atom. The van der Waals surface area contributed by atoms with Gasteiger partial charge in [-0.1, -0.05) is 6.92 Å². The van der Waals surface area contributed by atoms with Crippen LogP contribution < -0.4 is 10.5 Å². The second kappa shape index (κ2) is 7.70. The molecule has 2 heterocycles. The molecule has 0 radical (unpaired) electrons. The van der Waals surface area contributed by atoms with Crippen LogP contribution in [0.25, 0.3) is 21.5 Å². The van der Waals surface area contributed by atoms with Gasteiger partial charge in [-0.2, -0.15) is 0 Å². The third-order valence-corrected chi connectivity index (χ3v) is 4.82. The summed E-state index contributed by atoms with van der Waals surface area (Å²) in [5.41, 5.74) is 8.55. The smallest absolute Gasteiger partial charge is 0.348 e. The number of hydrogen-bond donors (Lipinski definition) is 1. The number of esters is 1. The van der Waals surface area contributed by atoms with E-state index in [2.05, 4.69) is 16.9 Å². The van der Waals surface area contributed by atoms with Crippen LogP contribution in [0.3, 0.4) is 0 Å². The van der Waals surface area contributed by atoms with E-state index in [0.717, 1.165) is 28.7 Å². The molecular weight excluding hydrogens is 350 g/mol. The molecule has 0 fully saturated rings. The van der Waals surface area contributed by atoms with Gasteiger partial charge in [0.1, 0.15) is 15.5 Å². The highest BCUT2D eigenvalue weighted by atomic mass is 32.1. The van der Waals surface area contributed by atoms with E-state index < -0.39 is 0 Å². The molecule has 136 valence electrons. The second-order valence-corrected chi connectivity index (χ2v) is 6.84. The first-order valence-corrected chi connectivity index (χ1v) is 9.33. The number of nitrogens with two attached hydrogens (primary N) is 1. The van der Waals surface area contributed by atoms with Crippen LogP contribution in [-0.2, 0) is 4.74 Å². The van der Waals surface area contributed by atoms with Crippen molar-refractivity contribution in [2.75, 3.05) is 18.9 Å². The van der Waals surface area contributed by atoms with Crippen molar-refractivity contribution in [3.05, 3.63) is 34.7 Å². The lowest BCUT2D eigenvalue weighted by Crippen LogP contribution is -2.01. The summed E-state index contributed by atoms with van der Waals surface area (Å²) in [6, 6.07) is 7.63. The van der Waals surface area contributed by atoms with Crippen LogP contribution >= 0.6 is 11.3 Å². The van der Waals surface area contributed by atoms with Crippen LogP contribution in [0, 0.1) is 6.92 Å². The Bertz CT molecular complexity index is 953. The summed E-state index contributed by atoms with van der Waals surface area (Å²) in [7, 11) is 0. The van der Waals surface area contributed by atoms with Gasteiger partial charge >= 0.3 is 5.97 Å². The van der Waals surface area contributed by atoms with Gasteiger partial charge in [0.2, 0.25) is 5.95 Å². The van der Waals surface area contributed by atoms with Crippen molar-refractivity contribution in [3.8, 4) is 17.0 Å². The molecule has 0 atom stereocenters. The van der Waals surface area contributed by atoms with Gasteiger partial charge in [-0.25, -0.2) is 14.8 Å². The maximum Gasteiger partial charge on any atom is 0.348 e. The molecule has 0 aliphatic heterocycles. The van der Waals surface area contributed by atoms with Crippen LogP contribution in [0.4, 0.5) is 5.95 Å². The molecule has 0 aliphatic rings. The summed E-state index contributed by atoms with van der Waals surface area (Å²) < 4.78 is 10.8. The lowest BCUT2D eigenvalue weighted by molar-refractivity contribution is 0.0532. The maximum absolute atomic E-state index is 12.1. The summed E-state index contributed by atoms with van der Waals surface area (Å²) in [5.74, 6) is 0.638. The zero-order valence-electron chi connectivity index (χ0n) is 15.0. The topological polar surface area (TPSA) is 87.3 Å². The van der Waals surface area contributed by atoms with Gasteiger partial charge in [0.15, 0.2) is 0 Å². The van der Waals surface area contributed by atoms with Crippen molar-refractivity contribution >= 4 is 33.5 Å². The first-order valence-electron chi connectivity index (χ1n) is 8.51.